The highest BCUT2D eigenvalue weighted by atomic mass is 32.1. The smallest absolute Gasteiger partial charge is 0.308 e. The molecule has 0 aromatic carbocycles. The van der Waals surface area contributed by atoms with E-state index in [4.69, 9.17) is 0 Å². The monoisotopic (exact) mass is 413 g/mol. The first-order valence-electron chi connectivity index (χ1n) is 9.88. The van der Waals surface area contributed by atoms with Crippen LogP contribution in [0.3, 0.4) is 0 Å². The maximum absolute atomic E-state index is 11.8. The number of carboxylic acid groups (broad SMARTS) is 1. The number of allylic oxidation sites excluding steroid dienone is 1. The van der Waals surface area contributed by atoms with Gasteiger partial charge in [0.15, 0.2) is 0 Å². The Labute approximate surface area is 175 Å². The zero-order valence-electron chi connectivity index (χ0n) is 16.6. The molecule has 0 aliphatic heterocycles. The van der Waals surface area contributed by atoms with E-state index >= 15 is 0 Å². The predicted molar refractivity (Wildman–Crippen MR) is 118 cm³/mol. The quantitative estimate of drug-likeness (QED) is 0.613. The number of carboxylic acids is 1. The first-order chi connectivity index (χ1) is 13.5. The molecule has 2 aromatic heterocycles. The normalized spacial score (nSPS) is 25.6. The number of hydrogen-bond donors (Lipinski definition) is 1. The number of hydrogen-bond acceptors (Lipinski definition) is 4. The molecule has 4 atom stereocenters. The van der Waals surface area contributed by atoms with Crippen molar-refractivity contribution in [1.29, 1.82) is 0 Å². The second kappa shape index (κ2) is 7.97. The SMILES string of the molecule is Cc1ccsc1C(=CCCN(C)[C@@H]1[C@H](C(=O)O)[C@@H]2C=C[C@H]1C2)c1sccc1C. The van der Waals surface area contributed by atoms with Gasteiger partial charge in [-0.3, -0.25) is 4.79 Å². The summed E-state index contributed by atoms with van der Waals surface area (Å²) in [5.74, 6) is -0.307. The molecule has 2 aromatic rings. The zero-order valence-corrected chi connectivity index (χ0v) is 18.2. The van der Waals surface area contributed by atoms with E-state index in [-0.39, 0.29) is 17.9 Å². The average molecular weight is 414 g/mol. The summed E-state index contributed by atoms with van der Waals surface area (Å²) in [5, 5.41) is 14.0. The highest BCUT2D eigenvalue weighted by Crippen LogP contribution is 2.46. The molecule has 0 saturated heterocycles. The van der Waals surface area contributed by atoms with Gasteiger partial charge in [0.05, 0.1) is 5.92 Å². The molecule has 2 heterocycles. The fourth-order valence-electron chi connectivity index (χ4n) is 4.87. The van der Waals surface area contributed by atoms with Crippen molar-refractivity contribution in [2.45, 2.75) is 32.7 Å². The van der Waals surface area contributed by atoms with Crippen LogP contribution in [0.1, 0.15) is 33.7 Å². The summed E-state index contributed by atoms with van der Waals surface area (Å²) >= 11 is 3.60. The van der Waals surface area contributed by atoms with Gasteiger partial charge in [-0.1, -0.05) is 18.2 Å². The highest BCUT2D eigenvalue weighted by molar-refractivity contribution is 7.14. The van der Waals surface area contributed by atoms with Crippen molar-refractivity contribution in [1.82, 2.24) is 4.90 Å². The molecule has 1 fully saturated rings. The van der Waals surface area contributed by atoms with E-state index in [9.17, 15) is 9.90 Å². The van der Waals surface area contributed by atoms with E-state index in [1.54, 1.807) is 22.7 Å². The number of thiophene rings is 2. The van der Waals surface area contributed by atoms with Gasteiger partial charge in [-0.2, -0.15) is 0 Å². The van der Waals surface area contributed by atoms with Crippen LogP contribution in [-0.4, -0.2) is 35.6 Å². The largest absolute Gasteiger partial charge is 0.481 e. The minimum absolute atomic E-state index is 0.122. The summed E-state index contributed by atoms with van der Waals surface area (Å²) in [6.45, 7) is 5.23. The van der Waals surface area contributed by atoms with Gasteiger partial charge in [0, 0.05) is 27.9 Å². The molecular weight excluding hydrogens is 386 g/mol. The van der Waals surface area contributed by atoms with Gasteiger partial charge in [0.1, 0.15) is 0 Å². The number of aryl methyl sites for hydroxylation is 2. The van der Waals surface area contributed by atoms with Crippen molar-refractivity contribution in [3.63, 3.8) is 0 Å². The molecule has 2 aliphatic rings. The van der Waals surface area contributed by atoms with Crippen LogP contribution in [0.15, 0.2) is 41.1 Å². The summed E-state index contributed by atoms with van der Waals surface area (Å²) < 4.78 is 0. The minimum atomic E-state index is -0.645. The van der Waals surface area contributed by atoms with Crippen molar-refractivity contribution in [3.05, 3.63) is 62.0 Å². The Bertz CT molecular complexity index is 880. The number of aliphatic carboxylic acids is 1. The van der Waals surface area contributed by atoms with Gasteiger partial charge >= 0.3 is 5.97 Å². The third-order valence-electron chi connectivity index (χ3n) is 6.26. The van der Waals surface area contributed by atoms with Crippen LogP contribution in [0.5, 0.6) is 0 Å². The summed E-state index contributed by atoms with van der Waals surface area (Å²) in [7, 11) is 2.09. The molecule has 5 heteroatoms. The van der Waals surface area contributed by atoms with E-state index in [1.807, 2.05) is 0 Å². The lowest BCUT2D eigenvalue weighted by molar-refractivity contribution is -0.144. The highest BCUT2D eigenvalue weighted by Gasteiger charge is 2.49. The number of rotatable bonds is 7. The van der Waals surface area contributed by atoms with Crippen LogP contribution < -0.4 is 0 Å². The molecule has 0 amide bonds. The summed E-state index contributed by atoms with van der Waals surface area (Å²) in [5.41, 5.74) is 3.97. The molecule has 28 heavy (non-hydrogen) atoms. The molecular formula is C23H27NO2S2. The van der Waals surface area contributed by atoms with E-state index < -0.39 is 5.97 Å². The molecule has 0 unspecified atom stereocenters. The van der Waals surface area contributed by atoms with E-state index in [1.165, 1.54) is 26.5 Å². The Balaban J connectivity index is 1.52. The Morgan fingerprint density at radius 1 is 1.14 bits per heavy atom. The number of nitrogens with zero attached hydrogens (tertiary/aromatic N) is 1. The molecule has 2 aliphatic carbocycles. The lowest BCUT2D eigenvalue weighted by atomic mass is 9.88. The van der Waals surface area contributed by atoms with Gasteiger partial charge in [-0.15, -0.1) is 22.7 Å². The molecule has 0 spiro atoms. The predicted octanol–water partition coefficient (Wildman–Crippen LogP) is 5.46. The van der Waals surface area contributed by atoms with Gasteiger partial charge in [0.25, 0.3) is 0 Å². The Morgan fingerprint density at radius 3 is 2.29 bits per heavy atom. The van der Waals surface area contributed by atoms with E-state index in [0.717, 1.165) is 19.4 Å². The first kappa shape index (κ1) is 19.6. The fraction of sp³-hybridized carbons (Fsp3) is 0.435. The minimum Gasteiger partial charge on any atom is -0.481 e. The maximum Gasteiger partial charge on any atom is 0.308 e. The van der Waals surface area contributed by atoms with Crippen molar-refractivity contribution < 1.29 is 9.90 Å². The van der Waals surface area contributed by atoms with E-state index in [2.05, 4.69) is 66.9 Å². The lowest BCUT2D eigenvalue weighted by Gasteiger charge is -2.33. The Hall–Kier alpha value is -1.69. The van der Waals surface area contributed by atoms with Crippen molar-refractivity contribution >= 4 is 34.2 Å². The van der Waals surface area contributed by atoms with Crippen LogP contribution in [-0.2, 0) is 4.79 Å². The van der Waals surface area contributed by atoms with Crippen LogP contribution >= 0.6 is 22.7 Å². The van der Waals surface area contributed by atoms with Crippen LogP contribution in [0.2, 0.25) is 0 Å². The Kier molecular flexibility index (Phi) is 5.59. The third-order valence-corrected chi connectivity index (χ3v) is 8.36. The fourth-order valence-corrected chi connectivity index (χ4v) is 6.89. The molecule has 1 saturated carbocycles. The second-order valence-electron chi connectivity index (χ2n) is 8.06. The van der Waals surface area contributed by atoms with Crippen LogP contribution in [0.4, 0.5) is 0 Å². The number of fused-ring (bicyclic) bond motifs is 2. The van der Waals surface area contributed by atoms with Crippen molar-refractivity contribution in [2.24, 2.45) is 17.8 Å². The van der Waals surface area contributed by atoms with Crippen molar-refractivity contribution in [2.75, 3.05) is 13.6 Å². The molecule has 148 valence electrons. The first-order valence-corrected chi connectivity index (χ1v) is 11.6. The van der Waals surface area contributed by atoms with Crippen molar-refractivity contribution in [3.8, 4) is 0 Å². The average Bonchev–Trinajstić information content (AvgIpc) is 3.43. The van der Waals surface area contributed by atoms with Gasteiger partial charge in [0.2, 0.25) is 0 Å². The summed E-state index contributed by atoms with van der Waals surface area (Å²) in [4.78, 5) is 16.8. The Morgan fingerprint density at radius 2 is 1.75 bits per heavy atom. The maximum atomic E-state index is 11.8. The van der Waals surface area contributed by atoms with Gasteiger partial charge in [-0.05, 0) is 79.6 Å². The van der Waals surface area contributed by atoms with Crippen LogP contribution in [0, 0.1) is 31.6 Å². The topological polar surface area (TPSA) is 40.5 Å². The molecule has 4 rings (SSSR count). The number of carbonyl (C=O) groups is 1. The second-order valence-corrected chi connectivity index (χ2v) is 9.89. The lowest BCUT2D eigenvalue weighted by Crippen LogP contribution is -2.44. The van der Waals surface area contributed by atoms with Crippen LogP contribution in [0.25, 0.3) is 5.57 Å². The van der Waals surface area contributed by atoms with Gasteiger partial charge < -0.3 is 10.0 Å². The molecule has 3 nitrogen and oxygen atoms in total. The summed E-state index contributed by atoms with van der Waals surface area (Å²) in [6, 6.07) is 4.49. The third kappa shape index (κ3) is 3.51. The van der Waals surface area contributed by atoms with Gasteiger partial charge in [-0.25, -0.2) is 0 Å². The molecule has 0 radical (unpaired) electrons. The zero-order chi connectivity index (χ0) is 19.8. The molecule has 2 bridgehead atoms. The van der Waals surface area contributed by atoms with E-state index in [0.29, 0.717) is 5.92 Å². The molecule has 1 N–H and O–H groups in total. The summed E-state index contributed by atoms with van der Waals surface area (Å²) in [6.07, 6.45) is 8.62. The standard InChI is InChI=1S/C23H27NO2S2/c1-14-8-11-27-21(14)18(22-15(2)9-12-28-22)5-4-10-24(3)20-17-7-6-16(13-17)19(20)23(25)26/h5-9,11-12,16-17,19-20H,4,10,13H2,1-3H3,(H,25,26)/t16-,17+,19-,20+/m1/s1.